The van der Waals surface area contributed by atoms with E-state index < -0.39 is 0 Å². The fourth-order valence-electron chi connectivity index (χ4n) is 2.99. The molecule has 2 aromatic carbocycles. The Labute approximate surface area is 154 Å². The zero-order valence-electron chi connectivity index (χ0n) is 13.5. The molecule has 1 aliphatic heterocycles. The van der Waals surface area contributed by atoms with Crippen LogP contribution in [0.15, 0.2) is 46.9 Å². The molecule has 3 rings (SSSR count). The molecule has 0 radical (unpaired) electrons. The van der Waals surface area contributed by atoms with Crippen molar-refractivity contribution in [2.24, 2.45) is 5.92 Å². The van der Waals surface area contributed by atoms with Crippen molar-refractivity contribution in [2.45, 2.75) is 12.8 Å². The van der Waals surface area contributed by atoms with Crippen molar-refractivity contribution in [1.82, 2.24) is 0 Å². The molecule has 0 bridgehead atoms. The second kappa shape index (κ2) is 7.78. The van der Waals surface area contributed by atoms with E-state index in [9.17, 15) is 14.0 Å². The molecule has 0 saturated carbocycles. The summed E-state index contributed by atoms with van der Waals surface area (Å²) in [7, 11) is 0. The van der Waals surface area contributed by atoms with Crippen LogP contribution in [-0.4, -0.2) is 25.3 Å². The standard InChI is InChI=1S/C19H18BrFN2O2/c20-17-11-15(21)3-6-18(17)22-19(25)14-7-9-23(10-8-14)16-4-1-13(12-24)2-5-16/h1-6,11-12,14H,7-10H2,(H,22,25). The molecule has 1 aliphatic rings. The van der Waals surface area contributed by atoms with Gasteiger partial charge in [-0.25, -0.2) is 4.39 Å². The number of hydrogen-bond donors (Lipinski definition) is 1. The number of anilines is 2. The lowest BCUT2D eigenvalue weighted by Gasteiger charge is -2.33. The molecule has 1 saturated heterocycles. The zero-order valence-corrected chi connectivity index (χ0v) is 15.1. The van der Waals surface area contributed by atoms with Crippen LogP contribution in [-0.2, 0) is 4.79 Å². The number of nitrogens with one attached hydrogen (secondary N) is 1. The Morgan fingerprint density at radius 1 is 1.16 bits per heavy atom. The predicted molar refractivity (Wildman–Crippen MR) is 99.5 cm³/mol. The van der Waals surface area contributed by atoms with Gasteiger partial charge in [-0.3, -0.25) is 9.59 Å². The Bertz CT molecular complexity index is 771. The Balaban J connectivity index is 1.57. The molecule has 6 heteroatoms. The van der Waals surface area contributed by atoms with Gasteiger partial charge >= 0.3 is 0 Å². The van der Waals surface area contributed by atoms with Gasteiger partial charge in [0, 0.05) is 34.7 Å². The third-order valence-corrected chi connectivity index (χ3v) is 5.11. The minimum absolute atomic E-state index is 0.0386. The lowest BCUT2D eigenvalue weighted by atomic mass is 9.95. The number of carbonyl (C=O) groups is 2. The lowest BCUT2D eigenvalue weighted by molar-refractivity contribution is -0.120. The van der Waals surface area contributed by atoms with Crippen molar-refractivity contribution in [2.75, 3.05) is 23.3 Å². The summed E-state index contributed by atoms with van der Waals surface area (Å²) in [5, 5.41) is 2.87. The number of piperidine rings is 1. The molecular formula is C19H18BrFN2O2. The van der Waals surface area contributed by atoms with E-state index in [4.69, 9.17) is 0 Å². The molecule has 130 valence electrons. The molecule has 1 amide bonds. The van der Waals surface area contributed by atoms with Gasteiger partial charge in [0.2, 0.25) is 5.91 Å². The summed E-state index contributed by atoms with van der Waals surface area (Å²) in [5.41, 5.74) is 2.30. The third kappa shape index (κ3) is 4.25. The fourth-order valence-corrected chi connectivity index (χ4v) is 3.44. The van der Waals surface area contributed by atoms with E-state index in [1.807, 2.05) is 12.1 Å². The average Bonchev–Trinajstić information content (AvgIpc) is 2.64. The number of carbonyl (C=O) groups excluding carboxylic acids is 2. The van der Waals surface area contributed by atoms with E-state index in [0.717, 1.165) is 37.9 Å². The normalized spacial score (nSPS) is 15.0. The Kier molecular flexibility index (Phi) is 5.48. The van der Waals surface area contributed by atoms with Crippen molar-refractivity contribution >= 4 is 39.5 Å². The topological polar surface area (TPSA) is 49.4 Å². The molecule has 0 aromatic heterocycles. The Hall–Kier alpha value is -2.21. The van der Waals surface area contributed by atoms with Gasteiger partial charge in [0.05, 0.1) is 5.69 Å². The summed E-state index contributed by atoms with van der Waals surface area (Å²) in [6, 6.07) is 11.7. The second-order valence-corrected chi connectivity index (χ2v) is 6.94. The SMILES string of the molecule is O=Cc1ccc(N2CCC(C(=O)Nc3ccc(F)cc3Br)CC2)cc1. The fraction of sp³-hybridized carbons (Fsp3) is 0.263. The monoisotopic (exact) mass is 404 g/mol. The van der Waals surface area contributed by atoms with Crippen molar-refractivity contribution in [1.29, 1.82) is 0 Å². The van der Waals surface area contributed by atoms with E-state index in [2.05, 4.69) is 26.1 Å². The van der Waals surface area contributed by atoms with Gasteiger partial charge in [-0.05, 0) is 71.2 Å². The van der Waals surface area contributed by atoms with Crippen LogP contribution in [0, 0.1) is 11.7 Å². The van der Waals surface area contributed by atoms with E-state index >= 15 is 0 Å². The van der Waals surface area contributed by atoms with Gasteiger partial charge in [0.25, 0.3) is 0 Å². The third-order valence-electron chi connectivity index (χ3n) is 4.45. The summed E-state index contributed by atoms with van der Waals surface area (Å²) in [5.74, 6) is -0.454. The van der Waals surface area contributed by atoms with Crippen LogP contribution in [0.4, 0.5) is 15.8 Å². The number of rotatable bonds is 4. The Morgan fingerprint density at radius 3 is 2.44 bits per heavy atom. The summed E-state index contributed by atoms with van der Waals surface area (Å²) < 4.78 is 13.7. The van der Waals surface area contributed by atoms with Crippen LogP contribution >= 0.6 is 15.9 Å². The molecule has 0 atom stereocenters. The maximum Gasteiger partial charge on any atom is 0.227 e. The maximum absolute atomic E-state index is 13.1. The smallest absolute Gasteiger partial charge is 0.227 e. The molecule has 0 spiro atoms. The van der Waals surface area contributed by atoms with Gasteiger partial charge in [-0.1, -0.05) is 0 Å². The highest BCUT2D eigenvalue weighted by molar-refractivity contribution is 9.10. The summed E-state index contributed by atoms with van der Waals surface area (Å²) in [4.78, 5) is 25.4. The molecular weight excluding hydrogens is 387 g/mol. The minimum atomic E-state index is -0.348. The van der Waals surface area contributed by atoms with Gasteiger partial charge in [-0.15, -0.1) is 0 Å². The van der Waals surface area contributed by atoms with Crippen molar-refractivity contribution in [3.8, 4) is 0 Å². The molecule has 2 aromatic rings. The first-order chi connectivity index (χ1) is 12.1. The number of aldehydes is 1. The van der Waals surface area contributed by atoms with Crippen LogP contribution in [0.25, 0.3) is 0 Å². The molecule has 1 heterocycles. The average molecular weight is 405 g/mol. The summed E-state index contributed by atoms with van der Waals surface area (Å²) >= 11 is 3.26. The van der Waals surface area contributed by atoms with Gasteiger partial charge in [0.1, 0.15) is 12.1 Å². The number of benzene rings is 2. The molecule has 1 N–H and O–H groups in total. The molecule has 0 aliphatic carbocycles. The Morgan fingerprint density at radius 2 is 1.84 bits per heavy atom. The van der Waals surface area contributed by atoms with Gasteiger partial charge in [-0.2, -0.15) is 0 Å². The number of halogens is 2. The first-order valence-corrected chi connectivity index (χ1v) is 8.92. The molecule has 25 heavy (non-hydrogen) atoms. The molecule has 0 unspecified atom stereocenters. The lowest BCUT2D eigenvalue weighted by Crippen LogP contribution is -2.38. The molecule has 1 fully saturated rings. The zero-order chi connectivity index (χ0) is 17.8. The van der Waals surface area contributed by atoms with E-state index in [0.29, 0.717) is 15.7 Å². The van der Waals surface area contributed by atoms with Gasteiger partial charge < -0.3 is 10.2 Å². The van der Waals surface area contributed by atoms with Gasteiger partial charge in [0.15, 0.2) is 0 Å². The predicted octanol–water partition coefficient (Wildman–Crippen LogP) is 4.26. The van der Waals surface area contributed by atoms with Crippen molar-refractivity contribution in [3.05, 3.63) is 58.3 Å². The number of hydrogen-bond acceptors (Lipinski definition) is 3. The van der Waals surface area contributed by atoms with Crippen LogP contribution in [0.1, 0.15) is 23.2 Å². The largest absolute Gasteiger partial charge is 0.371 e. The highest BCUT2D eigenvalue weighted by atomic mass is 79.9. The molecule has 4 nitrogen and oxygen atoms in total. The van der Waals surface area contributed by atoms with E-state index in [1.165, 1.54) is 12.1 Å². The summed E-state index contributed by atoms with van der Waals surface area (Å²) in [6.07, 6.45) is 2.33. The quantitative estimate of drug-likeness (QED) is 0.774. The summed E-state index contributed by atoms with van der Waals surface area (Å²) in [6.45, 7) is 1.56. The minimum Gasteiger partial charge on any atom is -0.371 e. The highest BCUT2D eigenvalue weighted by Crippen LogP contribution is 2.27. The van der Waals surface area contributed by atoms with Crippen LogP contribution < -0.4 is 10.2 Å². The van der Waals surface area contributed by atoms with E-state index in [1.54, 1.807) is 18.2 Å². The second-order valence-electron chi connectivity index (χ2n) is 6.08. The van der Waals surface area contributed by atoms with Crippen LogP contribution in [0.3, 0.4) is 0 Å². The highest BCUT2D eigenvalue weighted by Gasteiger charge is 2.25. The van der Waals surface area contributed by atoms with Crippen molar-refractivity contribution in [3.63, 3.8) is 0 Å². The van der Waals surface area contributed by atoms with E-state index in [-0.39, 0.29) is 17.6 Å². The van der Waals surface area contributed by atoms with Crippen LogP contribution in [0.2, 0.25) is 0 Å². The number of amides is 1. The first-order valence-electron chi connectivity index (χ1n) is 8.13. The van der Waals surface area contributed by atoms with Crippen molar-refractivity contribution < 1.29 is 14.0 Å². The number of nitrogens with zero attached hydrogens (tertiary/aromatic N) is 1. The maximum atomic E-state index is 13.1. The first kappa shape index (κ1) is 17.6. The van der Waals surface area contributed by atoms with Crippen LogP contribution in [0.5, 0.6) is 0 Å².